The lowest BCUT2D eigenvalue weighted by Crippen LogP contribution is -1.99. The first-order valence-corrected chi connectivity index (χ1v) is 4.08. The Hall–Kier alpha value is -1.75. The molecule has 1 rings (SSSR count). The molecule has 0 bridgehead atoms. The van der Waals surface area contributed by atoms with Gasteiger partial charge in [0, 0.05) is 6.42 Å². The highest BCUT2D eigenvalue weighted by Gasteiger charge is 2.02. The Kier molecular flexibility index (Phi) is 3.59. The van der Waals surface area contributed by atoms with Crippen LogP contribution in [0.4, 0.5) is 0 Å². The number of ether oxygens (including phenoxy) is 1. The van der Waals surface area contributed by atoms with E-state index < -0.39 is 5.97 Å². The maximum atomic E-state index is 11.2. The largest absolute Gasteiger partial charge is 0.369 e. The number of hydrogen-bond acceptors (Lipinski definition) is 2. The van der Waals surface area contributed by atoms with Crippen molar-refractivity contribution in [2.75, 3.05) is 0 Å². The second kappa shape index (κ2) is 5.00. The van der Waals surface area contributed by atoms with Crippen LogP contribution in [0.5, 0.6) is 0 Å². The van der Waals surface area contributed by atoms with E-state index in [0.29, 0.717) is 12.0 Å². The summed E-state index contributed by atoms with van der Waals surface area (Å²) in [5.74, 6) is 2.25. The molecule has 0 aliphatic carbocycles. The lowest BCUT2D eigenvalue weighted by atomic mass is 10.2. The summed E-state index contributed by atoms with van der Waals surface area (Å²) >= 11 is 0. The van der Waals surface area contributed by atoms with E-state index in [1.165, 1.54) is 0 Å². The third-order valence-corrected chi connectivity index (χ3v) is 1.40. The molecule has 0 radical (unpaired) electrons. The predicted molar refractivity (Wildman–Crippen MR) is 49.9 cm³/mol. The van der Waals surface area contributed by atoms with Crippen molar-refractivity contribution >= 4 is 5.97 Å². The molecule has 0 aliphatic rings. The van der Waals surface area contributed by atoms with E-state index in [4.69, 9.17) is 0 Å². The molecule has 0 aliphatic heterocycles. The van der Waals surface area contributed by atoms with Crippen molar-refractivity contribution in [3.63, 3.8) is 0 Å². The molecule has 0 unspecified atom stereocenters. The van der Waals surface area contributed by atoms with Crippen LogP contribution in [-0.4, -0.2) is 5.97 Å². The molecule has 2 nitrogen and oxygen atoms in total. The summed E-state index contributed by atoms with van der Waals surface area (Å²) < 4.78 is 4.67. The van der Waals surface area contributed by atoms with Gasteiger partial charge in [0.05, 0.1) is 5.56 Å². The summed E-state index contributed by atoms with van der Waals surface area (Å²) in [6, 6.07) is 8.79. The molecule has 0 fully saturated rings. The van der Waals surface area contributed by atoms with Crippen molar-refractivity contribution in [2.24, 2.45) is 0 Å². The fourth-order valence-corrected chi connectivity index (χ4v) is 0.788. The highest BCUT2D eigenvalue weighted by atomic mass is 16.5. The second-order valence-corrected chi connectivity index (χ2v) is 2.39. The summed E-state index contributed by atoms with van der Waals surface area (Å²) in [7, 11) is 0. The average Bonchev–Trinajstić information content (AvgIpc) is 2.19. The van der Waals surface area contributed by atoms with Crippen LogP contribution in [0.25, 0.3) is 0 Å². The number of carbonyl (C=O) groups is 1. The van der Waals surface area contributed by atoms with Gasteiger partial charge in [-0.25, -0.2) is 4.79 Å². The van der Waals surface area contributed by atoms with Crippen LogP contribution in [-0.2, 0) is 4.74 Å². The van der Waals surface area contributed by atoms with Crippen LogP contribution < -0.4 is 0 Å². The van der Waals surface area contributed by atoms with Gasteiger partial charge in [-0.1, -0.05) is 31.0 Å². The summed E-state index contributed by atoms with van der Waals surface area (Å²) in [5, 5.41) is 0. The first-order valence-electron chi connectivity index (χ1n) is 4.08. The van der Waals surface area contributed by atoms with Crippen LogP contribution >= 0.6 is 0 Å². The molecule has 0 aromatic heterocycles. The molecule has 0 saturated carbocycles. The lowest BCUT2D eigenvalue weighted by molar-refractivity contribution is 0.0690. The second-order valence-electron chi connectivity index (χ2n) is 2.39. The van der Waals surface area contributed by atoms with Crippen molar-refractivity contribution in [2.45, 2.75) is 13.3 Å². The number of rotatable bonds is 1. The van der Waals surface area contributed by atoms with Gasteiger partial charge >= 0.3 is 5.97 Å². The third kappa shape index (κ3) is 3.00. The normalized spacial score (nSPS) is 8.38. The summed E-state index contributed by atoms with van der Waals surface area (Å²) in [4.78, 5) is 11.2. The number of esters is 1. The van der Waals surface area contributed by atoms with Gasteiger partial charge in [-0.05, 0) is 12.1 Å². The molecule has 0 atom stereocenters. The van der Waals surface area contributed by atoms with E-state index in [1.54, 1.807) is 24.3 Å². The summed E-state index contributed by atoms with van der Waals surface area (Å²) in [6.45, 7) is 1.89. The predicted octanol–water partition coefficient (Wildman–Crippen LogP) is 2.21. The van der Waals surface area contributed by atoms with Crippen LogP contribution in [0, 0.1) is 12.0 Å². The zero-order valence-electron chi connectivity index (χ0n) is 7.41. The van der Waals surface area contributed by atoms with Crippen LogP contribution in [0.3, 0.4) is 0 Å². The van der Waals surface area contributed by atoms with Crippen LogP contribution in [0.15, 0.2) is 30.3 Å². The van der Waals surface area contributed by atoms with Gasteiger partial charge in [0.1, 0.15) is 6.11 Å². The highest BCUT2D eigenvalue weighted by molar-refractivity contribution is 5.89. The Balaban J connectivity index is 2.60. The van der Waals surface area contributed by atoms with E-state index in [0.717, 1.165) is 0 Å². The highest BCUT2D eigenvalue weighted by Crippen LogP contribution is 1.99. The van der Waals surface area contributed by atoms with Crippen molar-refractivity contribution < 1.29 is 9.53 Å². The molecule has 2 heteroatoms. The molecular formula is C11H10O2. The molecule has 1 aromatic carbocycles. The van der Waals surface area contributed by atoms with E-state index in [9.17, 15) is 4.79 Å². The molecular weight excluding hydrogens is 164 g/mol. The van der Waals surface area contributed by atoms with Gasteiger partial charge in [-0.15, -0.1) is 0 Å². The molecule has 0 spiro atoms. The molecule has 0 N–H and O–H groups in total. The van der Waals surface area contributed by atoms with E-state index in [-0.39, 0.29) is 0 Å². The molecule has 0 saturated heterocycles. The molecule has 13 heavy (non-hydrogen) atoms. The maximum absolute atomic E-state index is 11.2. The van der Waals surface area contributed by atoms with Gasteiger partial charge in [0.15, 0.2) is 0 Å². The van der Waals surface area contributed by atoms with Gasteiger partial charge in [-0.3, -0.25) is 0 Å². The smallest absolute Gasteiger partial charge is 0.352 e. The fraction of sp³-hybridized carbons (Fsp3) is 0.182. The summed E-state index contributed by atoms with van der Waals surface area (Å²) in [5.41, 5.74) is 0.521. The lowest BCUT2D eigenvalue weighted by Gasteiger charge is -1.94. The van der Waals surface area contributed by atoms with Crippen molar-refractivity contribution in [1.29, 1.82) is 0 Å². The van der Waals surface area contributed by atoms with Crippen molar-refractivity contribution in [3.8, 4) is 12.0 Å². The standard InChI is InChI=1S/C11H10O2/c1-2-3-9-13-11(12)10-7-5-4-6-8-10/h4-8H,2H2,1H3. The number of hydrogen-bond donors (Lipinski definition) is 0. The van der Waals surface area contributed by atoms with Crippen LogP contribution in [0.2, 0.25) is 0 Å². The Morgan fingerprint density at radius 3 is 2.69 bits per heavy atom. The quantitative estimate of drug-likeness (QED) is 0.482. The topological polar surface area (TPSA) is 26.3 Å². The minimum Gasteiger partial charge on any atom is -0.369 e. The zero-order valence-corrected chi connectivity index (χ0v) is 7.41. The number of benzene rings is 1. The Bertz CT molecular complexity index is 330. The molecule has 0 heterocycles. The average molecular weight is 174 g/mol. The monoisotopic (exact) mass is 174 g/mol. The molecule has 1 aromatic rings. The van der Waals surface area contributed by atoms with Crippen molar-refractivity contribution in [1.82, 2.24) is 0 Å². The van der Waals surface area contributed by atoms with E-state index in [1.807, 2.05) is 13.0 Å². The molecule has 0 amide bonds. The zero-order chi connectivity index (χ0) is 9.52. The summed E-state index contributed by atoms with van der Waals surface area (Å²) in [6.07, 6.45) is 3.02. The Morgan fingerprint density at radius 2 is 2.08 bits per heavy atom. The van der Waals surface area contributed by atoms with Crippen LogP contribution in [0.1, 0.15) is 23.7 Å². The minimum absolute atomic E-state index is 0.401. The molecule has 66 valence electrons. The first kappa shape index (κ1) is 9.34. The van der Waals surface area contributed by atoms with E-state index >= 15 is 0 Å². The first-order chi connectivity index (χ1) is 6.34. The van der Waals surface area contributed by atoms with Gasteiger partial charge in [0.25, 0.3) is 0 Å². The number of carbonyl (C=O) groups excluding carboxylic acids is 1. The maximum Gasteiger partial charge on any atom is 0.352 e. The Labute approximate surface area is 77.5 Å². The van der Waals surface area contributed by atoms with Gasteiger partial charge in [-0.2, -0.15) is 0 Å². The van der Waals surface area contributed by atoms with Crippen molar-refractivity contribution in [3.05, 3.63) is 35.9 Å². The van der Waals surface area contributed by atoms with E-state index in [2.05, 4.69) is 16.8 Å². The SMILES string of the molecule is CCC#COC(=O)c1ccccc1. The third-order valence-electron chi connectivity index (χ3n) is 1.40. The van der Waals surface area contributed by atoms with Gasteiger partial charge in [0.2, 0.25) is 0 Å². The fourth-order valence-electron chi connectivity index (χ4n) is 0.788. The minimum atomic E-state index is -0.401. The Morgan fingerprint density at radius 1 is 1.38 bits per heavy atom. The van der Waals surface area contributed by atoms with Gasteiger partial charge < -0.3 is 4.74 Å².